The molecule has 1 aliphatic heterocycles. The van der Waals surface area contributed by atoms with Crippen molar-refractivity contribution < 1.29 is 19.1 Å². The molecule has 0 bridgehead atoms. The van der Waals surface area contributed by atoms with Gasteiger partial charge in [-0.2, -0.15) is 0 Å². The Labute approximate surface area is 223 Å². The first-order chi connectivity index (χ1) is 17.5. The van der Waals surface area contributed by atoms with Gasteiger partial charge in [-0.1, -0.05) is 42.5 Å². The molecule has 1 saturated heterocycles. The van der Waals surface area contributed by atoms with Crippen LogP contribution in [0.3, 0.4) is 0 Å². The monoisotopic (exact) mass is 567 g/mol. The number of morpholine rings is 1. The van der Waals surface area contributed by atoms with E-state index in [2.05, 4.69) is 38.7 Å². The third-order valence-electron chi connectivity index (χ3n) is 5.62. The molecule has 0 radical (unpaired) electrons. The minimum Gasteiger partial charge on any atom is -0.492 e. The van der Waals surface area contributed by atoms with Gasteiger partial charge in [-0.05, 0) is 64.0 Å². The minimum atomic E-state index is -0.374. The molecule has 0 saturated carbocycles. The molecule has 9 heteroatoms. The highest BCUT2D eigenvalue weighted by atomic mass is 79.9. The molecule has 0 aromatic heterocycles. The summed E-state index contributed by atoms with van der Waals surface area (Å²) in [6.07, 6.45) is 0.783. The second-order valence-electron chi connectivity index (χ2n) is 8.09. The Morgan fingerprint density at radius 3 is 2.47 bits per heavy atom. The molecule has 1 aliphatic rings. The molecule has 0 spiro atoms. The van der Waals surface area contributed by atoms with Crippen LogP contribution in [0, 0.1) is 0 Å². The average Bonchev–Trinajstić information content (AvgIpc) is 2.90. The van der Waals surface area contributed by atoms with Crippen LogP contribution >= 0.6 is 28.1 Å². The third-order valence-corrected chi connectivity index (χ3v) is 6.44. The summed E-state index contributed by atoms with van der Waals surface area (Å²) in [7, 11) is 0. The number of carbonyl (C=O) groups is 2. The van der Waals surface area contributed by atoms with Gasteiger partial charge in [0.2, 0.25) is 0 Å². The Morgan fingerprint density at radius 1 is 1.00 bits per heavy atom. The van der Waals surface area contributed by atoms with Gasteiger partial charge in [0.05, 0.1) is 35.5 Å². The molecule has 0 unspecified atom stereocenters. The Kier molecular flexibility index (Phi) is 9.05. The number of thiocarbonyl (C=S) groups is 1. The van der Waals surface area contributed by atoms with Crippen LogP contribution in [0.25, 0.3) is 0 Å². The lowest BCUT2D eigenvalue weighted by molar-refractivity contribution is 0.0303. The van der Waals surface area contributed by atoms with Crippen LogP contribution in [0.5, 0.6) is 5.75 Å². The normalized spacial score (nSPS) is 13.1. The molecule has 2 amide bonds. The summed E-state index contributed by atoms with van der Waals surface area (Å²) in [5, 5.41) is 5.76. The molecule has 186 valence electrons. The number of rotatable bonds is 7. The van der Waals surface area contributed by atoms with Crippen molar-refractivity contribution in [3.05, 3.63) is 94.0 Å². The van der Waals surface area contributed by atoms with E-state index >= 15 is 0 Å². The van der Waals surface area contributed by atoms with Crippen molar-refractivity contribution in [3.8, 4) is 5.75 Å². The molecule has 1 fully saturated rings. The standard InChI is InChI=1S/C27H26BrN3O4S/c28-22-18-20(10-11-24(22)35-15-12-19-6-2-1-3-7-19)25(32)30-27(36)29-23-9-5-4-8-21(23)26(33)31-13-16-34-17-14-31/h1-11,18H,12-17H2,(H2,29,30,32,36). The summed E-state index contributed by atoms with van der Waals surface area (Å²) < 4.78 is 11.9. The van der Waals surface area contributed by atoms with Crippen LogP contribution in [-0.4, -0.2) is 54.7 Å². The first-order valence-electron chi connectivity index (χ1n) is 11.6. The fourth-order valence-electron chi connectivity index (χ4n) is 3.73. The maximum Gasteiger partial charge on any atom is 0.257 e. The van der Waals surface area contributed by atoms with Gasteiger partial charge in [0, 0.05) is 25.1 Å². The van der Waals surface area contributed by atoms with Crippen molar-refractivity contribution in [2.24, 2.45) is 0 Å². The van der Waals surface area contributed by atoms with Crippen LogP contribution in [0.2, 0.25) is 0 Å². The lowest BCUT2D eigenvalue weighted by atomic mass is 10.1. The largest absolute Gasteiger partial charge is 0.492 e. The third kappa shape index (κ3) is 6.90. The van der Waals surface area contributed by atoms with Gasteiger partial charge < -0.3 is 19.7 Å². The number of nitrogens with zero attached hydrogens (tertiary/aromatic N) is 1. The lowest BCUT2D eigenvalue weighted by Gasteiger charge is -2.27. The number of hydrogen-bond acceptors (Lipinski definition) is 5. The van der Waals surface area contributed by atoms with E-state index < -0.39 is 0 Å². The molecule has 4 rings (SSSR count). The molecule has 3 aromatic carbocycles. The Hall–Kier alpha value is -3.27. The average molecular weight is 568 g/mol. The van der Waals surface area contributed by atoms with Gasteiger partial charge in [0.25, 0.3) is 11.8 Å². The topological polar surface area (TPSA) is 79.9 Å². The summed E-state index contributed by atoms with van der Waals surface area (Å²) in [5.74, 6) is 0.169. The maximum absolute atomic E-state index is 13.0. The molecule has 36 heavy (non-hydrogen) atoms. The van der Waals surface area contributed by atoms with Crippen LogP contribution in [0.4, 0.5) is 5.69 Å². The number of nitrogens with one attached hydrogen (secondary N) is 2. The second-order valence-corrected chi connectivity index (χ2v) is 9.35. The number of hydrogen-bond donors (Lipinski definition) is 2. The number of ether oxygens (including phenoxy) is 2. The minimum absolute atomic E-state index is 0.0986. The van der Waals surface area contributed by atoms with E-state index in [1.807, 2.05) is 18.2 Å². The highest BCUT2D eigenvalue weighted by molar-refractivity contribution is 9.10. The highest BCUT2D eigenvalue weighted by Gasteiger charge is 2.21. The van der Waals surface area contributed by atoms with E-state index in [0.717, 1.165) is 6.42 Å². The van der Waals surface area contributed by atoms with Gasteiger partial charge in [-0.15, -0.1) is 0 Å². The summed E-state index contributed by atoms with van der Waals surface area (Å²) in [6, 6.07) is 22.3. The molecule has 1 heterocycles. The fourth-order valence-corrected chi connectivity index (χ4v) is 4.42. The molecular weight excluding hydrogens is 542 g/mol. The van der Waals surface area contributed by atoms with Crippen molar-refractivity contribution in [3.63, 3.8) is 0 Å². The fraction of sp³-hybridized carbons (Fsp3) is 0.222. The SMILES string of the molecule is O=C(NC(=S)Nc1ccccc1C(=O)N1CCOCC1)c1ccc(OCCc2ccccc2)c(Br)c1. The molecule has 2 N–H and O–H groups in total. The van der Waals surface area contributed by atoms with Crippen LogP contribution in [-0.2, 0) is 11.2 Å². The van der Waals surface area contributed by atoms with Gasteiger partial charge in [-0.3, -0.25) is 14.9 Å². The number of carbonyl (C=O) groups excluding carboxylic acids is 2. The van der Waals surface area contributed by atoms with E-state index in [4.69, 9.17) is 21.7 Å². The van der Waals surface area contributed by atoms with E-state index in [1.54, 1.807) is 47.4 Å². The van der Waals surface area contributed by atoms with Crippen molar-refractivity contribution in [1.82, 2.24) is 10.2 Å². The van der Waals surface area contributed by atoms with Crippen LogP contribution in [0.1, 0.15) is 26.3 Å². The number of anilines is 1. The zero-order chi connectivity index (χ0) is 25.3. The molecule has 7 nitrogen and oxygen atoms in total. The smallest absolute Gasteiger partial charge is 0.257 e. The zero-order valence-electron chi connectivity index (χ0n) is 19.5. The van der Waals surface area contributed by atoms with Crippen molar-refractivity contribution >= 4 is 50.8 Å². The lowest BCUT2D eigenvalue weighted by Crippen LogP contribution is -2.41. The van der Waals surface area contributed by atoms with Crippen molar-refractivity contribution in [2.75, 3.05) is 38.2 Å². The van der Waals surface area contributed by atoms with Gasteiger partial charge >= 0.3 is 0 Å². The maximum atomic E-state index is 13.0. The summed E-state index contributed by atoms with van der Waals surface area (Å²) in [4.78, 5) is 27.5. The summed E-state index contributed by atoms with van der Waals surface area (Å²) >= 11 is 8.83. The van der Waals surface area contributed by atoms with Crippen molar-refractivity contribution in [2.45, 2.75) is 6.42 Å². The van der Waals surface area contributed by atoms with Crippen LogP contribution < -0.4 is 15.4 Å². The predicted molar refractivity (Wildman–Crippen MR) is 147 cm³/mol. The number of halogens is 1. The van der Waals surface area contributed by atoms with Gasteiger partial charge in [0.15, 0.2) is 5.11 Å². The van der Waals surface area contributed by atoms with Gasteiger partial charge in [0.1, 0.15) is 5.75 Å². The zero-order valence-corrected chi connectivity index (χ0v) is 21.9. The number of benzene rings is 3. The summed E-state index contributed by atoms with van der Waals surface area (Å²) in [6.45, 7) is 2.62. The van der Waals surface area contributed by atoms with Crippen LogP contribution in [0.15, 0.2) is 77.3 Å². The van der Waals surface area contributed by atoms with E-state index in [9.17, 15) is 9.59 Å². The molecule has 0 atom stereocenters. The molecule has 0 aliphatic carbocycles. The second kappa shape index (κ2) is 12.6. The Balaban J connectivity index is 1.33. The van der Waals surface area contributed by atoms with E-state index in [1.165, 1.54) is 5.56 Å². The van der Waals surface area contributed by atoms with E-state index in [0.29, 0.717) is 59.9 Å². The Morgan fingerprint density at radius 2 is 1.72 bits per heavy atom. The highest BCUT2D eigenvalue weighted by Crippen LogP contribution is 2.26. The number of amides is 2. The predicted octanol–water partition coefficient (Wildman–Crippen LogP) is 4.67. The Bertz CT molecular complexity index is 1230. The quantitative estimate of drug-likeness (QED) is 0.404. The number of para-hydroxylation sites is 1. The van der Waals surface area contributed by atoms with Gasteiger partial charge in [-0.25, -0.2) is 0 Å². The van der Waals surface area contributed by atoms with E-state index in [-0.39, 0.29) is 16.9 Å². The van der Waals surface area contributed by atoms with Crippen molar-refractivity contribution in [1.29, 1.82) is 0 Å². The molecule has 3 aromatic rings. The molecular formula is C27H26BrN3O4S. The first-order valence-corrected chi connectivity index (χ1v) is 12.8. The first kappa shape index (κ1) is 25.8. The summed E-state index contributed by atoms with van der Waals surface area (Å²) in [5.41, 5.74) is 2.62.